The van der Waals surface area contributed by atoms with Gasteiger partial charge in [-0.25, -0.2) is 0 Å². The van der Waals surface area contributed by atoms with Gasteiger partial charge in [0.25, 0.3) is 0 Å². The number of ether oxygens (including phenoxy) is 2. The third-order valence-corrected chi connectivity index (χ3v) is 6.52. The summed E-state index contributed by atoms with van der Waals surface area (Å²) in [5.74, 6) is 1.51. The van der Waals surface area contributed by atoms with Crippen LogP contribution in [0.1, 0.15) is 19.4 Å². The highest BCUT2D eigenvalue weighted by atomic mass is 16.7. The van der Waals surface area contributed by atoms with Crippen LogP contribution in [0.2, 0.25) is 0 Å². The Morgan fingerprint density at radius 1 is 0.862 bits per heavy atom. The molecule has 4 saturated heterocycles. The van der Waals surface area contributed by atoms with E-state index in [-0.39, 0.29) is 37.5 Å². The average Bonchev–Trinajstić information content (AvgIpc) is 3.11. The van der Waals surface area contributed by atoms with E-state index < -0.39 is 10.8 Å². The van der Waals surface area contributed by atoms with Crippen molar-refractivity contribution in [2.24, 2.45) is 10.8 Å². The zero-order valence-electron chi connectivity index (χ0n) is 16.8. The van der Waals surface area contributed by atoms with Gasteiger partial charge in [-0.3, -0.25) is 19.3 Å². The van der Waals surface area contributed by atoms with Crippen molar-refractivity contribution in [3.8, 4) is 11.5 Å². The van der Waals surface area contributed by atoms with Gasteiger partial charge in [-0.05, 0) is 31.5 Å². The molecule has 2 amide bonds. The number of Topliss-reactive ketones (excluding diaryl/α,β-unsaturated/α-hetero) is 1. The van der Waals surface area contributed by atoms with Crippen LogP contribution >= 0.6 is 0 Å². The van der Waals surface area contributed by atoms with Gasteiger partial charge < -0.3 is 19.3 Å². The van der Waals surface area contributed by atoms with Crippen molar-refractivity contribution in [1.29, 1.82) is 0 Å². The smallest absolute Gasteiger partial charge is 0.236 e. The molecule has 0 atom stereocenters. The van der Waals surface area contributed by atoms with Gasteiger partial charge in [0.1, 0.15) is 0 Å². The SMILES string of the molecule is CC12CN3CC(C)(CN(C1)C(=O)CN(Cc1ccc4c(c1)OCO4)CC3=O)C2=O. The number of ketones is 1. The summed E-state index contributed by atoms with van der Waals surface area (Å²) >= 11 is 0. The monoisotopic (exact) mass is 399 g/mol. The standard InChI is InChI=1S/C21H25N3O5/c1-20-9-23-11-21(2,19(20)27)12-24(10-20)18(26)8-22(7-17(23)25)6-14-3-4-15-16(5-14)29-13-28-15/h3-5H,6-13H2,1-2H3. The van der Waals surface area contributed by atoms with Crippen molar-refractivity contribution in [3.05, 3.63) is 23.8 Å². The molecule has 4 fully saturated rings. The lowest BCUT2D eigenvalue weighted by Crippen LogP contribution is -2.71. The fraction of sp³-hybridized carbons (Fsp3) is 0.571. The third kappa shape index (κ3) is 2.97. The molecule has 0 saturated carbocycles. The summed E-state index contributed by atoms with van der Waals surface area (Å²) in [7, 11) is 0. The maximum atomic E-state index is 13.1. The van der Waals surface area contributed by atoms with Gasteiger partial charge in [-0.1, -0.05) is 6.07 Å². The molecule has 0 aromatic heterocycles. The van der Waals surface area contributed by atoms with Crippen LogP contribution in [0.4, 0.5) is 0 Å². The zero-order chi connectivity index (χ0) is 20.4. The van der Waals surface area contributed by atoms with Crippen LogP contribution in [-0.2, 0) is 20.9 Å². The summed E-state index contributed by atoms with van der Waals surface area (Å²) in [6.45, 7) is 6.25. The fourth-order valence-corrected chi connectivity index (χ4v) is 5.31. The Morgan fingerprint density at radius 2 is 1.41 bits per heavy atom. The number of carbonyl (C=O) groups is 3. The Hall–Kier alpha value is -2.61. The predicted molar refractivity (Wildman–Crippen MR) is 102 cm³/mol. The van der Waals surface area contributed by atoms with Gasteiger partial charge >= 0.3 is 0 Å². The number of piperidine rings is 2. The number of carbonyl (C=O) groups excluding carboxylic acids is 3. The van der Waals surface area contributed by atoms with Crippen LogP contribution in [0.3, 0.4) is 0 Å². The van der Waals surface area contributed by atoms with Crippen LogP contribution in [0.25, 0.3) is 0 Å². The van der Waals surface area contributed by atoms with Crippen molar-refractivity contribution in [3.63, 3.8) is 0 Å². The average molecular weight is 399 g/mol. The number of hydrogen-bond donors (Lipinski definition) is 0. The maximum Gasteiger partial charge on any atom is 0.236 e. The molecule has 5 aliphatic rings. The highest BCUT2D eigenvalue weighted by molar-refractivity contribution is 5.96. The Balaban J connectivity index is 1.42. The second kappa shape index (κ2) is 6.19. The fourth-order valence-electron chi connectivity index (χ4n) is 5.31. The molecule has 0 aliphatic carbocycles. The molecule has 5 aliphatic heterocycles. The lowest BCUT2D eigenvalue weighted by atomic mass is 9.64. The van der Waals surface area contributed by atoms with E-state index in [2.05, 4.69) is 0 Å². The first kappa shape index (κ1) is 18.4. The molecular weight excluding hydrogens is 374 g/mol. The maximum absolute atomic E-state index is 13.1. The van der Waals surface area contributed by atoms with Crippen molar-refractivity contribution < 1.29 is 23.9 Å². The molecule has 154 valence electrons. The first-order valence-corrected chi connectivity index (χ1v) is 9.97. The van der Waals surface area contributed by atoms with Crippen molar-refractivity contribution >= 4 is 17.6 Å². The molecule has 8 heteroatoms. The minimum atomic E-state index is -0.684. The minimum Gasteiger partial charge on any atom is -0.454 e. The summed E-state index contributed by atoms with van der Waals surface area (Å²) in [5, 5.41) is 0. The number of rotatable bonds is 2. The number of hydrogen-bond acceptors (Lipinski definition) is 6. The van der Waals surface area contributed by atoms with E-state index in [0.717, 1.165) is 5.56 Å². The minimum absolute atomic E-state index is 0.0288. The van der Waals surface area contributed by atoms with E-state index in [4.69, 9.17) is 9.47 Å². The summed E-state index contributed by atoms with van der Waals surface area (Å²) in [4.78, 5) is 44.7. The Labute approximate surface area is 169 Å². The molecule has 5 heterocycles. The lowest BCUT2D eigenvalue weighted by molar-refractivity contribution is -0.169. The Morgan fingerprint density at radius 3 is 2.00 bits per heavy atom. The molecule has 29 heavy (non-hydrogen) atoms. The zero-order valence-corrected chi connectivity index (χ0v) is 16.8. The molecule has 8 nitrogen and oxygen atoms in total. The van der Waals surface area contributed by atoms with Crippen LogP contribution in [0, 0.1) is 10.8 Å². The second-order valence-electron chi connectivity index (χ2n) is 9.28. The van der Waals surface area contributed by atoms with E-state index in [1.165, 1.54) is 0 Å². The molecule has 6 rings (SSSR count). The van der Waals surface area contributed by atoms with E-state index in [0.29, 0.717) is 44.2 Å². The largest absolute Gasteiger partial charge is 0.454 e. The van der Waals surface area contributed by atoms with Gasteiger partial charge in [-0.2, -0.15) is 0 Å². The molecule has 0 N–H and O–H groups in total. The summed E-state index contributed by atoms with van der Waals surface area (Å²) in [6.07, 6.45) is 0. The van der Waals surface area contributed by atoms with E-state index in [1.54, 1.807) is 0 Å². The van der Waals surface area contributed by atoms with E-state index >= 15 is 0 Å². The quantitative estimate of drug-likeness (QED) is 0.721. The molecule has 1 aromatic carbocycles. The number of nitrogens with zero attached hydrogens (tertiary/aromatic N) is 3. The summed E-state index contributed by atoms with van der Waals surface area (Å²) < 4.78 is 10.8. The normalized spacial score (nSPS) is 31.7. The Kier molecular flexibility index (Phi) is 3.93. The Bertz CT molecular complexity index is 860. The molecule has 0 unspecified atom stereocenters. The van der Waals surface area contributed by atoms with Crippen molar-refractivity contribution in [2.75, 3.05) is 46.1 Å². The lowest BCUT2D eigenvalue weighted by Gasteiger charge is -2.56. The van der Waals surface area contributed by atoms with Crippen LogP contribution in [0.15, 0.2) is 18.2 Å². The number of benzene rings is 1. The highest BCUT2D eigenvalue weighted by Gasteiger charge is 2.57. The molecule has 4 bridgehead atoms. The van der Waals surface area contributed by atoms with Crippen molar-refractivity contribution in [1.82, 2.24) is 14.7 Å². The topological polar surface area (TPSA) is 79.4 Å². The van der Waals surface area contributed by atoms with E-state index in [9.17, 15) is 14.4 Å². The highest BCUT2D eigenvalue weighted by Crippen LogP contribution is 2.43. The summed E-state index contributed by atoms with van der Waals surface area (Å²) in [6, 6.07) is 5.68. The van der Waals surface area contributed by atoms with Gasteiger partial charge in [0, 0.05) is 32.7 Å². The van der Waals surface area contributed by atoms with Gasteiger partial charge in [0.05, 0.1) is 23.9 Å². The number of fused-ring (bicyclic) bond motifs is 5. The second-order valence-corrected chi connectivity index (χ2v) is 9.28. The molecular formula is C21H25N3O5. The third-order valence-electron chi connectivity index (χ3n) is 6.52. The molecule has 0 radical (unpaired) electrons. The van der Waals surface area contributed by atoms with Crippen molar-refractivity contribution in [2.45, 2.75) is 20.4 Å². The molecule has 1 aromatic rings. The first-order chi connectivity index (χ1) is 13.8. The van der Waals surface area contributed by atoms with Gasteiger partial charge in [-0.15, -0.1) is 0 Å². The number of amides is 2. The van der Waals surface area contributed by atoms with Crippen LogP contribution < -0.4 is 9.47 Å². The van der Waals surface area contributed by atoms with Gasteiger partial charge in [0.2, 0.25) is 18.6 Å². The molecule has 0 spiro atoms. The van der Waals surface area contributed by atoms with Crippen LogP contribution in [0.5, 0.6) is 11.5 Å². The first-order valence-electron chi connectivity index (χ1n) is 9.97. The summed E-state index contributed by atoms with van der Waals surface area (Å²) in [5.41, 5.74) is -0.411. The predicted octanol–water partition coefficient (Wildman–Crippen LogP) is 0.497. The van der Waals surface area contributed by atoms with Crippen LogP contribution in [-0.4, -0.2) is 78.4 Å². The van der Waals surface area contributed by atoms with E-state index in [1.807, 2.05) is 46.7 Å². The van der Waals surface area contributed by atoms with Gasteiger partial charge in [0.15, 0.2) is 17.3 Å².